The van der Waals surface area contributed by atoms with Gasteiger partial charge in [0.1, 0.15) is 16.9 Å². The van der Waals surface area contributed by atoms with Crippen LogP contribution in [0.25, 0.3) is 11.0 Å². The Morgan fingerprint density at radius 2 is 2.18 bits per heavy atom. The smallest absolute Gasteiger partial charge is 0.273 e. The van der Waals surface area contributed by atoms with Gasteiger partial charge in [-0.3, -0.25) is 9.48 Å². The van der Waals surface area contributed by atoms with Gasteiger partial charge in [0, 0.05) is 32.4 Å². The monoisotopic (exact) mass is 453 g/mol. The van der Waals surface area contributed by atoms with E-state index in [1.165, 1.54) is 0 Å². The third kappa shape index (κ3) is 5.20. The first-order chi connectivity index (χ1) is 16.0. The molecule has 1 fully saturated rings. The van der Waals surface area contributed by atoms with Gasteiger partial charge in [-0.2, -0.15) is 10.1 Å². The van der Waals surface area contributed by atoms with Gasteiger partial charge < -0.3 is 25.6 Å². The highest BCUT2D eigenvalue weighted by Gasteiger charge is 2.25. The third-order valence-corrected chi connectivity index (χ3v) is 5.57. The van der Waals surface area contributed by atoms with E-state index >= 15 is 0 Å². The van der Waals surface area contributed by atoms with Crippen LogP contribution in [-0.2, 0) is 11.3 Å². The summed E-state index contributed by atoms with van der Waals surface area (Å²) in [5.41, 5.74) is 2.43. The van der Waals surface area contributed by atoms with E-state index in [4.69, 9.17) is 14.7 Å². The molecule has 11 heteroatoms. The summed E-state index contributed by atoms with van der Waals surface area (Å²) in [5.74, 6) is 1.33. The predicted octanol–water partition coefficient (Wildman–Crippen LogP) is 1.79. The van der Waals surface area contributed by atoms with Crippen molar-refractivity contribution in [2.45, 2.75) is 32.9 Å². The molecule has 3 aromatic rings. The molecule has 0 spiro atoms. The number of aryl methyl sites for hydroxylation is 1. The molecule has 11 nitrogen and oxygen atoms in total. The van der Waals surface area contributed by atoms with Crippen LogP contribution in [0.2, 0.25) is 0 Å². The summed E-state index contributed by atoms with van der Waals surface area (Å²) in [6.07, 6.45) is 2.74. The van der Waals surface area contributed by atoms with E-state index in [0.29, 0.717) is 48.4 Å². The minimum Gasteiger partial charge on any atom is -0.380 e. The van der Waals surface area contributed by atoms with Crippen LogP contribution in [0.5, 0.6) is 0 Å². The van der Waals surface area contributed by atoms with Gasteiger partial charge in [0.2, 0.25) is 5.95 Å². The number of likely N-dealkylation sites (tertiary alicyclic amines) is 1. The Kier molecular flexibility index (Phi) is 6.99. The van der Waals surface area contributed by atoms with Crippen molar-refractivity contribution < 1.29 is 9.53 Å². The van der Waals surface area contributed by atoms with Gasteiger partial charge in [0.15, 0.2) is 11.5 Å². The first-order valence-electron chi connectivity index (χ1n) is 11.2. The van der Waals surface area contributed by atoms with Crippen LogP contribution in [-0.4, -0.2) is 82.0 Å². The summed E-state index contributed by atoms with van der Waals surface area (Å²) in [6.45, 7) is 7.37. The zero-order valence-corrected chi connectivity index (χ0v) is 19.6. The number of amides is 1. The van der Waals surface area contributed by atoms with Gasteiger partial charge in [0.05, 0.1) is 13.2 Å². The molecule has 4 heterocycles. The predicted molar refractivity (Wildman–Crippen MR) is 127 cm³/mol. The van der Waals surface area contributed by atoms with Crippen LogP contribution < -0.4 is 16.0 Å². The number of nitrogens with one attached hydrogen (secondary N) is 3. The Balaban J connectivity index is 1.81. The van der Waals surface area contributed by atoms with Crippen LogP contribution in [0.3, 0.4) is 0 Å². The van der Waals surface area contributed by atoms with Gasteiger partial charge in [-0.05, 0) is 51.6 Å². The lowest BCUT2D eigenvalue weighted by atomic mass is 10.2. The molecule has 0 saturated carbocycles. The lowest BCUT2D eigenvalue weighted by molar-refractivity contribution is 0.0957. The number of fused-ring (bicyclic) bond motifs is 1. The van der Waals surface area contributed by atoms with Crippen molar-refractivity contribution in [2.75, 3.05) is 51.0 Å². The first-order valence-corrected chi connectivity index (χ1v) is 11.2. The number of carbonyl (C=O) groups is 1. The number of aromatic nitrogens is 5. The second-order valence-corrected chi connectivity index (χ2v) is 8.18. The molecule has 33 heavy (non-hydrogen) atoms. The number of anilines is 3. The van der Waals surface area contributed by atoms with Crippen molar-refractivity contribution in [2.24, 2.45) is 0 Å². The number of hydrogen-bond donors (Lipinski definition) is 3. The topological polar surface area (TPSA) is 122 Å². The maximum Gasteiger partial charge on any atom is 0.273 e. The molecule has 0 bridgehead atoms. The van der Waals surface area contributed by atoms with Gasteiger partial charge >= 0.3 is 0 Å². The summed E-state index contributed by atoms with van der Waals surface area (Å²) >= 11 is 0. The van der Waals surface area contributed by atoms with Gasteiger partial charge in [-0.1, -0.05) is 0 Å². The lowest BCUT2D eigenvalue weighted by Gasteiger charge is -2.15. The van der Waals surface area contributed by atoms with Gasteiger partial charge in [-0.15, -0.1) is 0 Å². The Morgan fingerprint density at radius 3 is 2.88 bits per heavy atom. The fourth-order valence-corrected chi connectivity index (χ4v) is 3.92. The van der Waals surface area contributed by atoms with Gasteiger partial charge in [0.25, 0.3) is 5.91 Å². The molecule has 1 unspecified atom stereocenters. The number of rotatable bonds is 9. The van der Waals surface area contributed by atoms with Crippen molar-refractivity contribution in [1.82, 2.24) is 34.9 Å². The summed E-state index contributed by atoms with van der Waals surface area (Å²) in [5, 5.41) is 14.0. The summed E-state index contributed by atoms with van der Waals surface area (Å²) in [4.78, 5) is 28.8. The largest absolute Gasteiger partial charge is 0.380 e. The van der Waals surface area contributed by atoms with E-state index in [9.17, 15) is 4.79 Å². The first kappa shape index (κ1) is 22.9. The fraction of sp³-hybridized carbons (Fsp3) is 0.500. The lowest BCUT2D eigenvalue weighted by Crippen LogP contribution is -2.25. The highest BCUT2D eigenvalue weighted by Crippen LogP contribution is 2.28. The zero-order chi connectivity index (χ0) is 23.4. The molecule has 1 amide bonds. The van der Waals surface area contributed by atoms with Crippen LogP contribution in [0.1, 0.15) is 29.4 Å². The average molecular weight is 454 g/mol. The average Bonchev–Trinajstić information content (AvgIpc) is 3.37. The standard InChI is InChI=1S/C22H31N9O2/c1-5-33-11-10-31-19-17(18(29-31)21(32)23-3)27-22(25-15-7-9-30(4)13-15)28-20(19)26-16-12-14(2)6-8-24-16/h6,8,12,15H,5,7,9-11,13H2,1-4H3,(H,23,32)(H2,24,25,26,27,28). The van der Waals surface area contributed by atoms with Crippen molar-refractivity contribution >= 4 is 34.5 Å². The number of ether oxygens (including phenoxy) is 1. The molecule has 1 aliphatic rings. The SMILES string of the molecule is CCOCCn1nc(C(=O)NC)c2nc(NC3CCN(C)C3)nc(Nc3cc(C)ccn3)c21. The van der Waals surface area contributed by atoms with E-state index < -0.39 is 0 Å². The highest BCUT2D eigenvalue weighted by atomic mass is 16.5. The van der Waals surface area contributed by atoms with Crippen molar-refractivity contribution in [3.8, 4) is 0 Å². The number of likely N-dealkylation sites (N-methyl/N-ethyl adjacent to an activating group) is 1. The second kappa shape index (κ2) is 10.1. The molecule has 3 N–H and O–H groups in total. The Morgan fingerprint density at radius 1 is 1.33 bits per heavy atom. The maximum absolute atomic E-state index is 12.6. The molecule has 4 rings (SSSR count). The van der Waals surface area contributed by atoms with Crippen LogP contribution in [0.15, 0.2) is 18.3 Å². The maximum atomic E-state index is 12.6. The van der Waals surface area contributed by atoms with Crippen molar-refractivity contribution in [1.29, 1.82) is 0 Å². The van der Waals surface area contributed by atoms with Crippen molar-refractivity contribution in [3.63, 3.8) is 0 Å². The molecular weight excluding hydrogens is 422 g/mol. The van der Waals surface area contributed by atoms with E-state index in [1.54, 1.807) is 17.9 Å². The molecule has 1 saturated heterocycles. The molecule has 0 radical (unpaired) electrons. The number of carbonyl (C=O) groups excluding carboxylic acids is 1. The summed E-state index contributed by atoms with van der Waals surface area (Å²) in [7, 11) is 3.67. The summed E-state index contributed by atoms with van der Waals surface area (Å²) in [6, 6.07) is 4.10. The molecule has 0 aromatic carbocycles. The number of nitrogens with zero attached hydrogens (tertiary/aromatic N) is 6. The van der Waals surface area contributed by atoms with Crippen LogP contribution in [0, 0.1) is 6.92 Å². The zero-order valence-electron chi connectivity index (χ0n) is 19.6. The van der Waals surface area contributed by atoms with E-state index in [1.807, 2.05) is 26.0 Å². The number of pyridine rings is 1. The van der Waals surface area contributed by atoms with Crippen LogP contribution in [0.4, 0.5) is 17.6 Å². The Bertz CT molecular complexity index is 1130. The van der Waals surface area contributed by atoms with E-state index in [0.717, 1.165) is 25.1 Å². The molecule has 3 aromatic heterocycles. The third-order valence-electron chi connectivity index (χ3n) is 5.57. The number of hydrogen-bond acceptors (Lipinski definition) is 9. The minimum atomic E-state index is -0.306. The molecular formula is C22H31N9O2. The Labute approximate surface area is 192 Å². The molecule has 0 aliphatic carbocycles. The molecule has 1 atom stereocenters. The quantitative estimate of drug-likeness (QED) is 0.416. The fourth-order valence-electron chi connectivity index (χ4n) is 3.92. The molecule has 176 valence electrons. The van der Waals surface area contributed by atoms with E-state index in [2.05, 4.69) is 38.0 Å². The molecule has 1 aliphatic heterocycles. The van der Waals surface area contributed by atoms with Gasteiger partial charge in [-0.25, -0.2) is 9.97 Å². The second-order valence-electron chi connectivity index (χ2n) is 8.18. The Hall–Kier alpha value is -3.31. The normalized spacial score (nSPS) is 16.3. The summed E-state index contributed by atoms with van der Waals surface area (Å²) < 4.78 is 7.25. The van der Waals surface area contributed by atoms with Crippen LogP contribution >= 0.6 is 0 Å². The minimum absolute atomic E-state index is 0.230. The highest BCUT2D eigenvalue weighted by molar-refractivity contribution is 6.06. The van der Waals surface area contributed by atoms with E-state index in [-0.39, 0.29) is 17.6 Å². The van der Waals surface area contributed by atoms with Crippen molar-refractivity contribution in [3.05, 3.63) is 29.6 Å².